The van der Waals surface area contributed by atoms with Crippen LogP contribution in [0.4, 0.5) is 5.69 Å². The van der Waals surface area contributed by atoms with E-state index in [1.807, 2.05) is 37.3 Å². The Morgan fingerprint density at radius 2 is 1.97 bits per heavy atom. The summed E-state index contributed by atoms with van der Waals surface area (Å²) in [5.41, 5.74) is 3.13. The van der Waals surface area contributed by atoms with Crippen LogP contribution in [0.3, 0.4) is 0 Å². The summed E-state index contributed by atoms with van der Waals surface area (Å²) < 4.78 is 6.51. The maximum Gasteiger partial charge on any atom is 0.266 e. The molecule has 0 aromatic heterocycles. The number of nitrogens with one attached hydrogen (secondary N) is 1. The van der Waals surface area contributed by atoms with Crippen molar-refractivity contribution in [1.82, 2.24) is 0 Å². The molecule has 0 aliphatic heterocycles. The molecule has 0 atom stereocenters. The van der Waals surface area contributed by atoms with Gasteiger partial charge in [-0.3, -0.25) is 4.79 Å². The number of amides is 1. The van der Waals surface area contributed by atoms with E-state index in [0.29, 0.717) is 31.5 Å². The zero-order valence-electron chi connectivity index (χ0n) is 16.5. The lowest BCUT2D eigenvalue weighted by Gasteiger charge is -2.10. The van der Waals surface area contributed by atoms with Crippen molar-refractivity contribution >= 4 is 56.8 Å². The smallest absolute Gasteiger partial charge is 0.266 e. The van der Waals surface area contributed by atoms with Gasteiger partial charge in [0.25, 0.3) is 5.91 Å². The average Bonchev–Trinajstić information content (AvgIpc) is 2.72. The number of hydrogen-bond acceptors (Lipinski definition) is 3. The summed E-state index contributed by atoms with van der Waals surface area (Å²) in [5, 5.41) is 13.3. The Balaban J connectivity index is 1.72. The molecular formula is C24H17BrCl2N2O2. The summed E-state index contributed by atoms with van der Waals surface area (Å²) in [7, 11) is 0. The summed E-state index contributed by atoms with van der Waals surface area (Å²) in [4.78, 5) is 12.5. The van der Waals surface area contributed by atoms with Gasteiger partial charge in [-0.15, -0.1) is 0 Å². The molecule has 0 bridgehead atoms. The van der Waals surface area contributed by atoms with Crippen LogP contribution in [0.1, 0.15) is 16.7 Å². The van der Waals surface area contributed by atoms with Gasteiger partial charge in [-0.05, 0) is 76.5 Å². The maximum absolute atomic E-state index is 12.5. The molecule has 0 aliphatic rings. The van der Waals surface area contributed by atoms with Crippen LogP contribution in [0.15, 0.2) is 70.7 Å². The van der Waals surface area contributed by atoms with Crippen molar-refractivity contribution in [3.63, 3.8) is 0 Å². The van der Waals surface area contributed by atoms with E-state index in [2.05, 4.69) is 21.2 Å². The van der Waals surface area contributed by atoms with Crippen LogP contribution in [0.25, 0.3) is 6.08 Å². The normalized spacial score (nSPS) is 11.0. The standard InChI is InChI=1S/C24H17BrCl2N2O2/c1-15-3-2-4-20(9-15)29-24(30)18(13-28)10-16-5-8-23(21(25)11-16)31-14-17-6-7-19(26)12-22(17)27/h2-12H,14H2,1H3,(H,29,30)/b18-10-. The summed E-state index contributed by atoms with van der Waals surface area (Å²) in [5.74, 6) is 0.132. The van der Waals surface area contributed by atoms with Gasteiger partial charge >= 0.3 is 0 Å². The second kappa shape index (κ2) is 10.5. The van der Waals surface area contributed by atoms with E-state index in [0.717, 1.165) is 11.1 Å². The van der Waals surface area contributed by atoms with Crippen LogP contribution >= 0.6 is 39.1 Å². The molecule has 1 amide bonds. The molecule has 0 radical (unpaired) electrons. The number of rotatable bonds is 6. The summed E-state index contributed by atoms with van der Waals surface area (Å²) >= 11 is 15.6. The van der Waals surface area contributed by atoms with E-state index in [1.165, 1.54) is 6.08 Å². The molecule has 0 saturated heterocycles. The zero-order valence-corrected chi connectivity index (χ0v) is 19.6. The molecule has 0 aliphatic carbocycles. The molecule has 0 spiro atoms. The van der Waals surface area contributed by atoms with Gasteiger partial charge in [0.1, 0.15) is 24.0 Å². The number of anilines is 1. The highest BCUT2D eigenvalue weighted by Crippen LogP contribution is 2.29. The van der Waals surface area contributed by atoms with Crippen molar-refractivity contribution in [2.75, 3.05) is 5.32 Å². The van der Waals surface area contributed by atoms with Gasteiger partial charge in [-0.2, -0.15) is 5.26 Å². The molecule has 31 heavy (non-hydrogen) atoms. The largest absolute Gasteiger partial charge is 0.488 e. The lowest BCUT2D eigenvalue weighted by molar-refractivity contribution is -0.112. The Bertz CT molecular complexity index is 1200. The van der Waals surface area contributed by atoms with Gasteiger partial charge in [-0.25, -0.2) is 0 Å². The molecule has 1 N–H and O–H groups in total. The van der Waals surface area contributed by atoms with Crippen LogP contribution < -0.4 is 10.1 Å². The summed E-state index contributed by atoms with van der Waals surface area (Å²) in [6.07, 6.45) is 1.52. The number of hydrogen-bond donors (Lipinski definition) is 1. The second-order valence-corrected chi connectivity index (χ2v) is 8.41. The first kappa shape index (κ1) is 22.9. The summed E-state index contributed by atoms with van der Waals surface area (Å²) in [6, 6.07) is 19.8. The Kier molecular flexibility index (Phi) is 7.75. The third kappa shape index (κ3) is 6.35. The molecule has 3 aromatic carbocycles. The number of nitriles is 1. The van der Waals surface area contributed by atoms with E-state index >= 15 is 0 Å². The minimum Gasteiger partial charge on any atom is -0.488 e. The predicted molar refractivity (Wildman–Crippen MR) is 128 cm³/mol. The zero-order chi connectivity index (χ0) is 22.4. The molecule has 0 fully saturated rings. The van der Waals surface area contributed by atoms with Gasteiger partial charge < -0.3 is 10.1 Å². The third-order valence-corrected chi connectivity index (χ3v) is 5.51. The van der Waals surface area contributed by atoms with Crippen LogP contribution in [-0.2, 0) is 11.4 Å². The fourth-order valence-corrected chi connectivity index (χ4v) is 3.73. The van der Waals surface area contributed by atoms with Crippen molar-refractivity contribution in [1.29, 1.82) is 5.26 Å². The van der Waals surface area contributed by atoms with Crippen molar-refractivity contribution in [3.05, 3.63) is 97.4 Å². The van der Waals surface area contributed by atoms with Crippen LogP contribution in [-0.4, -0.2) is 5.91 Å². The molecule has 4 nitrogen and oxygen atoms in total. The highest BCUT2D eigenvalue weighted by atomic mass is 79.9. The van der Waals surface area contributed by atoms with E-state index in [9.17, 15) is 10.1 Å². The van der Waals surface area contributed by atoms with Crippen molar-refractivity contribution in [2.45, 2.75) is 13.5 Å². The highest BCUT2D eigenvalue weighted by molar-refractivity contribution is 9.10. The van der Waals surface area contributed by atoms with E-state index in [-0.39, 0.29) is 12.2 Å². The number of halogens is 3. The summed E-state index contributed by atoms with van der Waals surface area (Å²) in [6.45, 7) is 2.20. The Morgan fingerprint density at radius 1 is 1.16 bits per heavy atom. The molecule has 0 saturated carbocycles. The fourth-order valence-electron chi connectivity index (χ4n) is 2.75. The van der Waals surface area contributed by atoms with Crippen LogP contribution in [0, 0.1) is 18.3 Å². The molecule has 0 unspecified atom stereocenters. The molecule has 3 aromatic rings. The topological polar surface area (TPSA) is 62.1 Å². The molecular weight excluding hydrogens is 499 g/mol. The highest BCUT2D eigenvalue weighted by Gasteiger charge is 2.11. The number of benzene rings is 3. The van der Waals surface area contributed by atoms with Gasteiger partial charge in [0, 0.05) is 21.3 Å². The van der Waals surface area contributed by atoms with Crippen molar-refractivity contribution in [2.24, 2.45) is 0 Å². The lowest BCUT2D eigenvalue weighted by Crippen LogP contribution is -2.13. The Morgan fingerprint density at radius 3 is 2.65 bits per heavy atom. The third-order valence-electron chi connectivity index (χ3n) is 4.31. The SMILES string of the molecule is Cc1cccc(NC(=O)/C(C#N)=C\c2ccc(OCc3ccc(Cl)cc3Cl)c(Br)c2)c1. The predicted octanol–water partition coefficient (Wildman–Crippen LogP) is 7.19. The Labute approximate surface area is 199 Å². The maximum atomic E-state index is 12.5. The second-order valence-electron chi connectivity index (χ2n) is 6.71. The molecule has 156 valence electrons. The van der Waals surface area contributed by atoms with Gasteiger partial charge in [0.2, 0.25) is 0 Å². The molecule has 0 heterocycles. The van der Waals surface area contributed by atoms with E-state index in [4.69, 9.17) is 27.9 Å². The number of aryl methyl sites for hydroxylation is 1. The average molecular weight is 516 g/mol. The number of ether oxygens (including phenoxy) is 1. The van der Waals surface area contributed by atoms with E-state index in [1.54, 1.807) is 36.4 Å². The number of carbonyl (C=O) groups is 1. The molecule has 7 heteroatoms. The number of nitrogens with zero attached hydrogens (tertiary/aromatic N) is 1. The fraction of sp³-hybridized carbons (Fsp3) is 0.0833. The van der Waals surface area contributed by atoms with Crippen molar-refractivity contribution < 1.29 is 9.53 Å². The van der Waals surface area contributed by atoms with Gasteiger partial charge in [0.05, 0.1) is 4.47 Å². The monoisotopic (exact) mass is 514 g/mol. The van der Waals surface area contributed by atoms with Crippen LogP contribution in [0.5, 0.6) is 5.75 Å². The van der Waals surface area contributed by atoms with Gasteiger partial charge in [0.15, 0.2) is 0 Å². The molecule has 3 rings (SSSR count). The lowest BCUT2D eigenvalue weighted by atomic mass is 10.1. The quantitative estimate of drug-likeness (QED) is 0.279. The van der Waals surface area contributed by atoms with Gasteiger partial charge in [-0.1, -0.05) is 47.5 Å². The number of carbonyl (C=O) groups excluding carboxylic acids is 1. The van der Waals surface area contributed by atoms with E-state index < -0.39 is 5.91 Å². The minimum atomic E-state index is -0.470. The van der Waals surface area contributed by atoms with Crippen molar-refractivity contribution in [3.8, 4) is 11.8 Å². The first-order valence-electron chi connectivity index (χ1n) is 9.22. The Hall–Kier alpha value is -2.78. The minimum absolute atomic E-state index is 0.00461. The first-order chi connectivity index (χ1) is 14.9. The first-order valence-corrected chi connectivity index (χ1v) is 10.8. The van der Waals surface area contributed by atoms with Crippen LogP contribution in [0.2, 0.25) is 10.0 Å².